The molecule has 1 aromatic carbocycles. The van der Waals surface area contributed by atoms with Crippen LogP contribution in [0.15, 0.2) is 18.2 Å². The fraction of sp³-hybridized carbons (Fsp3) is 0.300. The standard InChI is InChI=1S/C10H13ClN2O/c1-3-10(14)13(2)9-6-7(11)4-5-8(9)12/h4-6H,3,12H2,1-2H3. The second-order valence-corrected chi connectivity index (χ2v) is 3.45. The van der Waals surface area contributed by atoms with E-state index in [1.807, 2.05) is 0 Å². The SMILES string of the molecule is CCC(=O)N(C)c1cc(Cl)ccc1N. The van der Waals surface area contributed by atoms with Gasteiger partial charge < -0.3 is 10.6 Å². The number of carbonyl (C=O) groups is 1. The molecule has 0 saturated heterocycles. The first-order valence-corrected chi connectivity index (χ1v) is 4.75. The number of rotatable bonds is 2. The summed E-state index contributed by atoms with van der Waals surface area (Å²) in [5.74, 6) is 0.0129. The number of nitrogen functional groups attached to an aromatic ring is 1. The minimum Gasteiger partial charge on any atom is -0.397 e. The fourth-order valence-corrected chi connectivity index (χ4v) is 1.35. The molecule has 0 fully saturated rings. The van der Waals surface area contributed by atoms with E-state index in [9.17, 15) is 4.79 Å². The van der Waals surface area contributed by atoms with E-state index in [0.717, 1.165) is 0 Å². The summed E-state index contributed by atoms with van der Waals surface area (Å²) in [6.45, 7) is 1.81. The van der Waals surface area contributed by atoms with Crippen LogP contribution in [0.2, 0.25) is 5.02 Å². The molecule has 0 heterocycles. The van der Waals surface area contributed by atoms with Crippen LogP contribution in [0.5, 0.6) is 0 Å². The van der Waals surface area contributed by atoms with Crippen LogP contribution < -0.4 is 10.6 Å². The van der Waals surface area contributed by atoms with Gasteiger partial charge in [-0.25, -0.2) is 0 Å². The summed E-state index contributed by atoms with van der Waals surface area (Å²) in [5.41, 5.74) is 6.94. The predicted octanol–water partition coefficient (Wildman–Crippen LogP) is 2.29. The number of nitrogens with two attached hydrogens (primary N) is 1. The third kappa shape index (κ3) is 2.17. The quantitative estimate of drug-likeness (QED) is 0.765. The topological polar surface area (TPSA) is 46.3 Å². The molecule has 1 aromatic rings. The molecule has 0 saturated carbocycles. The van der Waals surface area contributed by atoms with Gasteiger partial charge in [0.1, 0.15) is 0 Å². The van der Waals surface area contributed by atoms with Gasteiger partial charge in [-0.3, -0.25) is 4.79 Å². The van der Waals surface area contributed by atoms with E-state index in [2.05, 4.69) is 0 Å². The van der Waals surface area contributed by atoms with Crippen LogP contribution >= 0.6 is 11.6 Å². The van der Waals surface area contributed by atoms with Crippen molar-refractivity contribution < 1.29 is 4.79 Å². The summed E-state index contributed by atoms with van der Waals surface area (Å²) in [6.07, 6.45) is 0.447. The number of carbonyl (C=O) groups excluding carboxylic acids is 1. The number of hydrogen-bond acceptors (Lipinski definition) is 2. The van der Waals surface area contributed by atoms with Gasteiger partial charge in [-0.2, -0.15) is 0 Å². The van der Waals surface area contributed by atoms with E-state index in [1.165, 1.54) is 4.90 Å². The van der Waals surface area contributed by atoms with Gasteiger partial charge in [0.05, 0.1) is 11.4 Å². The van der Waals surface area contributed by atoms with E-state index in [1.54, 1.807) is 32.2 Å². The molecule has 0 unspecified atom stereocenters. The first-order valence-electron chi connectivity index (χ1n) is 4.37. The molecule has 0 aliphatic carbocycles. The van der Waals surface area contributed by atoms with Gasteiger partial charge >= 0.3 is 0 Å². The maximum atomic E-state index is 11.4. The van der Waals surface area contributed by atoms with Crippen molar-refractivity contribution in [1.82, 2.24) is 0 Å². The summed E-state index contributed by atoms with van der Waals surface area (Å²) < 4.78 is 0. The highest BCUT2D eigenvalue weighted by Gasteiger charge is 2.11. The number of halogens is 1. The van der Waals surface area contributed by atoms with E-state index in [0.29, 0.717) is 22.8 Å². The molecular formula is C10H13ClN2O. The lowest BCUT2D eigenvalue weighted by Crippen LogP contribution is -2.25. The Balaban J connectivity index is 3.05. The number of anilines is 2. The molecule has 4 heteroatoms. The Hall–Kier alpha value is -1.22. The molecular weight excluding hydrogens is 200 g/mol. The van der Waals surface area contributed by atoms with Gasteiger partial charge in [0, 0.05) is 18.5 Å². The molecule has 0 spiro atoms. The van der Waals surface area contributed by atoms with Gasteiger partial charge in [-0.15, -0.1) is 0 Å². The summed E-state index contributed by atoms with van der Waals surface area (Å²) in [7, 11) is 1.69. The average Bonchev–Trinajstić information content (AvgIpc) is 2.19. The van der Waals surface area contributed by atoms with Crippen molar-refractivity contribution in [2.45, 2.75) is 13.3 Å². The third-order valence-corrected chi connectivity index (χ3v) is 2.27. The maximum Gasteiger partial charge on any atom is 0.226 e. The molecule has 1 amide bonds. The highest BCUT2D eigenvalue weighted by Crippen LogP contribution is 2.26. The molecule has 0 aliphatic heterocycles. The lowest BCUT2D eigenvalue weighted by molar-refractivity contribution is -0.118. The van der Waals surface area contributed by atoms with Gasteiger partial charge in [0.15, 0.2) is 0 Å². The van der Waals surface area contributed by atoms with Crippen LogP contribution in [0.4, 0.5) is 11.4 Å². The maximum absolute atomic E-state index is 11.4. The lowest BCUT2D eigenvalue weighted by atomic mass is 10.2. The van der Waals surface area contributed by atoms with Crippen LogP contribution in [0.3, 0.4) is 0 Å². The normalized spacial score (nSPS) is 9.93. The Kier molecular flexibility index (Phi) is 3.36. The Labute approximate surface area is 88.5 Å². The summed E-state index contributed by atoms with van der Waals surface area (Å²) >= 11 is 5.82. The molecule has 0 radical (unpaired) electrons. The van der Waals surface area contributed by atoms with Gasteiger partial charge in [0.25, 0.3) is 0 Å². The van der Waals surface area contributed by atoms with Crippen LogP contribution in [-0.4, -0.2) is 13.0 Å². The zero-order chi connectivity index (χ0) is 10.7. The van der Waals surface area contributed by atoms with Gasteiger partial charge in [-0.05, 0) is 18.2 Å². The molecule has 2 N–H and O–H groups in total. The Morgan fingerprint density at radius 1 is 1.57 bits per heavy atom. The first-order chi connectivity index (χ1) is 6.56. The Morgan fingerprint density at radius 3 is 2.79 bits per heavy atom. The van der Waals surface area contributed by atoms with Crippen molar-refractivity contribution in [3.63, 3.8) is 0 Å². The molecule has 1 rings (SSSR count). The van der Waals surface area contributed by atoms with Crippen molar-refractivity contribution in [2.75, 3.05) is 17.7 Å². The van der Waals surface area contributed by atoms with Crippen LogP contribution in [-0.2, 0) is 4.79 Å². The number of benzene rings is 1. The zero-order valence-corrected chi connectivity index (χ0v) is 9.01. The van der Waals surface area contributed by atoms with Crippen LogP contribution in [0.1, 0.15) is 13.3 Å². The van der Waals surface area contributed by atoms with Crippen molar-refractivity contribution in [3.8, 4) is 0 Å². The predicted molar refractivity (Wildman–Crippen MR) is 59.6 cm³/mol. The van der Waals surface area contributed by atoms with E-state index in [4.69, 9.17) is 17.3 Å². The summed E-state index contributed by atoms with van der Waals surface area (Å²) in [4.78, 5) is 12.9. The minimum absolute atomic E-state index is 0.0129. The summed E-state index contributed by atoms with van der Waals surface area (Å²) in [5, 5.41) is 0.574. The smallest absolute Gasteiger partial charge is 0.226 e. The van der Waals surface area contributed by atoms with E-state index >= 15 is 0 Å². The zero-order valence-electron chi connectivity index (χ0n) is 8.25. The number of hydrogen-bond donors (Lipinski definition) is 1. The summed E-state index contributed by atoms with van der Waals surface area (Å²) in [6, 6.07) is 5.08. The van der Waals surface area contributed by atoms with Crippen LogP contribution in [0.25, 0.3) is 0 Å². The van der Waals surface area contributed by atoms with E-state index < -0.39 is 0 Å². The van der Waals surface area contributed by atoms with Crippen molar-refractivity contribution in [3.05, 3.63) is 23.2 Å². The second-order valence-electron chi connectivity index (χ2n) is 3.01. The van der Waals surface area contributed by atoms with Crippen molar-refractivity contribution in [1.29, 1.82) is 0 Å². The first kappa shape index (κ1) is 10.9. The third-order valence-electron chi connectivity index (χ3n) is 2.03. The van der Waals surface area contributed by atoms with Crippen LogP contribution in [0, 0.1) is 0 Å². The van der Waals surface area contributed by atoms with Crippen molar-refractivity contribution in [2.24, 2.45) is 0 Å². The molecule has 14 heavy (non-hydrogen) atoms. The lowest BCUT2D eigenvalue weighted by Gasteiger charge is -2.18. The largest absolute Gasteiger partial charge is 0.397 e. The Bertz CT molecular complexity index is 352. The number of nitrogens with zero attached hydrogens (tertiary/aromatic N) is 1. The molecule has 76 valence electrons. The molecule has 3 nitrogen and oxygen atoms in total. The average molecular weight is 213 g/mol. The highest BCUT2D eigenvalue weighted by atomic mass is 35.5. The monoisotopic (exact) mass is 212 g/mol. The second kappa shape index (κ2) is 4.33. The minimum atomic E-state index is 0.0129. The molecule has 0 aromatic heterocycles. The Morgan fingerprint density at radius 2 is 2.21 bits per heavy atom. The molecule has 0 atom stereocenters. The fourth-order valence-electron chi connectivity index (χ4n) is 1.18. The highest BCUT2D eigenvalue weighted by molar-refractivity contribution is 6.31. The van der Waals surface area contributed by atoms with Crippen molar-refractivity contribution >= 4 is 28.9 Å². The van der Waals surface area contributed by atoms with E-state index in [-0.39, 0.29) is 5.91 Å². The molecule has 0 bridgehead atoms. The number of amides is 1. The van der Waals surface area contributed by atoms with Gasteiger partial charge in [0.2, 0.25) is 5.91 Å². The molecule has 0 aliphatic rings. The van der Waals surface area contributed by atoms with Gasteiger partial charge in [-0.1, -0.05) is 18.5 Å².